The summed E-state index contributed by atoms with van der Waals surface area (Å²) >= 11 is 0. The van der Waals surface area contributed by atoms with E-state index in [0.29, 0.717) is 0 Å². The van der Waals surface area contributed by atoms with E-state index in [1.54, 1.807) is 6.92 Å². The molecule has 0 fully saturated rings. The summed E-state index contributed by atoms with van der Waals surface area (Å²) in [6.45, 7) is 1.80. The zero-order chi connectivity index (χ0) is 9.30. The summed E-state index contributed by atoms with van der Waals surface area (Å²) < 4.78 is 0. The Morgan fingerprint density at radius 1 is 1.58 bits per heavy atom. The lowest BCUT2D eigenvalue weighted by Gasteiger charge is -2.09. The van der Waals surface area contributed by atoms with Gasteiger partial charge < -0.3 is 5.11 Å². The van der Waals surface area contributed by atoms with Crippen molar-refractivity contribution in [2.75, 3.05) is 6.54 Å². The minimum absolute atomic E-state index is 0.199. The number of amides is 2. The fourth-order valence-electron chi connectivity index (χ4n) is 0.961. The van der Waals surface area contributed by atoms with Crippen LogP contribution in [0.15, 0.2) is 11.6 Å². The Labute approximate surface area is 68.3 Å². The summed E-state index contributed by atoms with van der Waals surface area (Å²) in [5, 5.41) is 8.45. The largest absolute Gasteiger partial charge is 0.477 e. The van der Waals surface area contributed by atoms with Crippen LogP contribution < -0.4 is 0 Å². The van der Waals surface area contributed by atoms with E-state index in [1.807, 2.05) is 0 Å². The molecule has 1 aliphatic heterocycles. The Hall–Kier alpha value is -1.65. The van der Waals surface area contributed by atoms with Gasteiger partial charge in [-0.15, -0.1) is 0 Å². The minimum atomic E-state index is -1.36. The molecule has 0 aliphatic carbocycles. The van der Waals surface area contributed by atoms with Crippen LogP contribution in [0.2, 0.25) is 0 Å². The highest BCUT2D eigenvalue weighted by molar-refractivity contribution is 6.27. The van der Waals surface area contributed by atoms with Gasteiger partial charge in [0, 0.05) is 12.6 Å². The van der Waals surface area contributed by atoms with Crippen molar-refractivity contribution in [3.8, 4) is 0 Å². The number of likely N-dealkylation sites (N-methyl/N-ethyl adjacent to an activating group) is 1. The van der Waals surface area contributed by atoms with Gasteiger partial charge in [0.15, 0.2) is 0 Å². The van der Waals surface area contributed by atoms with E-state index in [4.69, 9.17) is 5.11 Å². The molecule has 12 heavy (non-hydrogen) atoms. The van der Waals surface area contributed by atoms with Crippen LogP contribution in [0.1, 0.15) is 6.92 Å². The second kappa shape index (κ2) is 2.77. The van der Waals surface area contributed by atoms with E-state index < -0.39 is 23.4 Å². The van der Waals surface area contributed by atoms with Gasteiger partial charge in [-0.3, -0.25) is 14.5 Å². The second-order valence-corrected chi connectivity index (χ2v) is 2.25. The lowest BCUT2D eigenvalue weighted by molar-refractivity contribution is -0.139. The Kier molecular flexibility index (Phi) is 1.95. The SMILES string of the molecule is CCN1C(=O)C=C(C(=O)O)C1=O. The Morgan fingerprint density at radius 3 is 2.42 bits per heavy atom. The van der Waals surface area contributed by atoms with Gasteiger partial charge in [-0.2, -0.15) is 0 Å². The summed E-state index contributed by atoms with van der Waals surface area (Å²) in [5.41, 5.74) is -0.457. The van der Waals surface area contributed by atoms with Gasteiger partial charge in [-0.1, -0.05) is 0 Å². The van der Waals surface area contributed by atoms with Crippen LogP contribution in [0.3, 0.4) is 0 Å². The summed E-state index contributed by atoms with van der Waals surface area (Å²) in [4.78, 5) is 33.2. The Morgan fingerprint density at radius 2 is 2.17 bits per heavy atom. The first kappa shape index (κ1) is 8.45. The van der Waals surface area contributed by atoms with E-state index in [-0.39, 0.29) is 6.54 Å². The molecule has 5 nitrogen and oxygen atoms in total. The van der Waals surface area contributed by atoms with Crippen LogP contribution >= 0.6 is 0 Å². The molecule has 0 unspecified atom stereocenters. The average molecular weight is 169 g/mol. The number of hydrogen-bond acceptors (Lipinski definition) is 3. The van der Waals surface area contributed by atoms with Crippen molar-refractivity contribution in [1.29, 1.82) is 0 Å². The van der Waals surface area contributed by atoms with Crippen LogP contribution in [-0.2, 0) is 14.4 Å². The first-order chi connectivity index (χ1) is 5.57. The van der Waals surface area contributed by atoms with Crippen LogP contribution in [0, 0.1) is 0 Å². The fourth-order valence-corrected chi connectivity index (χ4v) is 0.961. The maximum atomic E-state index is 11.0. The van der Waals surface area contributed by atoms with Crippen molar-refractivity contribution in [2.24, 2.45) is 0 Å². The standard InChI is InChI=1S/C7H7NO4/c1-2-8-5(9)3-4(6(8)10)7(11)12/h3H,2H2,1H3,(H,11,12). The monoisotopic (exact) mass is 169 g/mol. The first-order valence-corrected chi connectivity index (χ1v) is 3.38. The topological polar surface area (TPSA) is 74.7 Å². The number of nitrogens with zero attached hydrogens (tertiary/aromatic N) is 1. The molecule has 64 valence electrons. The molecule has 0 aromatic carbocycles. The van der Waals surface area contributed by atoms with Gasteiger partial charge in [-0.05, 0) is 6.92 Å². The van der Waals surface area contributed by atoms with Crippen LogP contribution in [0.25, 0.3) is 0 Å². The van der Waals surface area contributed by atoms with Gasteiger partial charge in [-0.25, -0.2) is 4.79 Å². The number of carbonyl (C=O) groups excluding carboxylic acids is 2. The molecule has 0 spiro atoms. The predicted octanol–water partition coefficient (Wildman–Crippen LogP) is -0.614. The lowest BCUT2D eigenvalue weighted by Crippen LogP contribution is -2.31. The highest BCUT2D eigenvalue weighted by Gasteiger charge is 2.33. The first-order valence-electron chi connectivity index (χ1n) is 3.38. The summed E-state index contributed by atoms with van der Waals surface area (Å²) in [6.07, 6.45) is 0.841. The summed E-state index contributed by atoms with van der Waals surface area (Å²) in [5.74, 6) is -2.64. The van der Waals surface area contributed by atoms with Gasteiger partial charge in [0.05, 0.1) is 0 Å². The molecule has 2 amide bonds. The molecule has 0 aromatic heterocycles. The molecule has 0 saturated heterocycles. The molecule has 1 aliphatic rings. The van der Waals surface area contributed by atoms with Crippen LogP contribution in [0.5, 0.6) is 0 Å². The molecule has 0 saturated carbocycles. The number of carboxylic acid groups (broad SMARTS) is 1. The van der Waals surface area contributed by atoms with E-state index in [0.717, 1.165) is 11.0 Å². The van der Waals surface area contributed by atoms with Gasteiger partial charge in [0.1, 0.15) is 5.57 Å². The van der Waals surface area contributed by atoms with E-state index >= 15 is 0 Å². The maximum absolute atomic E-state index is 11.0. The van der Waals surface area contributed by atoms with Gasteiger partial charge in [0.25, 0.3) is 11.8 Å². The number of carboxylic acids is 1. The molecule has 0 radical (unpaired) electrons. The second-order valence-electron chi connectivity index (χ2n) is 2.25. The van der Waals surface area contributed by atoms with E-state index in [2.05, 4.69) is 0 Å². The van der Waals surface area contributed by atoms with Gasteiger partial charge in [0.2, 0.25) is 0 Å². The third-order valence-electron chi connectivity index (χ3n) is 1.56. The quantitative estimate of drug-likeness (QED) is 0.442. The minimum Gasteiger partial charge on any atom is -0.477 e. The van der Waals surface area contributed by atoms with Crippen molar-refractivity contribution in [3.05, 3.63) is 11.6 Å². The van der Waals surface area contributed by atoms with E-state index in [1.165, 1.54) is 0 Å². The number of carbonyl (C=O) groups is 3. The predicted molar refractivity (Wildman–Crippen MR) is 38.1 cm³/mol. The molecule has 1 N–H and O–H groups in total. The normalized spacial score (nSPS) is 16.8. The molecule has 0 bridgehead atoms. The number of hydrogen-bond donors (Lipinski definition) is 1. The third-order valence-corrected chi connectivity index (χ3v) is 1.56. The van der Waals surface area contributed by atoms with Crippen molar-refractivity contribution >= 4 is 17.8 Å². The molecule has 1 heterocycles. The van der Waals surface area contributed by atoms with Crippen LogP contribution in [0.4, 0.5) is 0 Å². The molecule has 1 rings (SSSR count). The third kappa shape index (κ3) is 1.09. The smallest absolute Gasteiger partial charge is 0.341 e. The highest BCUT2D eigenvalue weighted by Crippen LogP contribution is 2.11. The number of rotatable bonds is 2. The zero-order valence-corrected chi connectivity index (χ0v) is 6.40. The molecular formula is C7H7NO4. The maximum Gasteiger partial charge on any atom is 0.341 e. The summed E-state index contributed by atoms with van der Waals surface area (Å²) in [6, 6.07) is 0. The molecule has 5 heteroatoms. The van der Waals surface area contributed by atoms with Crippen LogP contribution in [-0.4, -0.2) is 34.3 Å². The fraction of sp³-hybridized carbons (Fsp3) is 0.286. The van der Waals surface area contributed by atoms with Gasteiger partial charge >= 0.3 is 5.97 Å². The van der Waals surface area contributed by atoms with Crippen molar-refractivity contribution in [2.45, 2.75) is 6.92 Å². The number of aliphatic carboxylic acids is 1. The number of imide groups is 1. The highest BCUT2D eigenvalue weighted by atomic mass is 16.4. The van der Waals surface area contributed by atoms with E-state index in [9.17, 15) is 14.4 Å². The zero-order valence-electron chi connectivity index (χ0n) is 6.40. The Bertz CT molecular complexity index is 292. The Balaban J connectivity index is 2.97. The molecular weight excluding hydrogens is 162 g/mol. The molecule has 0 aromatic rings. The van der Waals surface area contributed by atoms with Crippen molar-refractivity contribution < 1.29 is 19.5 Å². The summed E-state index contributed by atoms with van der Waals surface area (Å²) in [7, 11) is 0. The average Bonchev–Trinajstić information content (AvgIpc) is 2.27. The molecule has 0 atom stereocenters. The van der Waals surface area contributed by atoms with Crippen molar-refractivity contribution in [3.63, 3.8) is 0 Å². The van der Waals surface area contributed by atoms with Crippen molar-refractivity contribution in [1.82, 2.24) is 4.90 Å². The lowest BCUT2D eigenvalue weighted by atomic mass is 10.3.